The number of unbranched alkanes of at least 4 members (excludes halogenated alkanes) is 1. The van der Waals surface area contributed by atoms with Crippen LogP contribution >= 0.6 is 15.9 Å². The van der Waals surface area contributed by atoms with Crippen LogP contribution in [0.15, 0.2) is 46.9 Å². The van der Waals surface area contributed by atoms with Crippen LogP contribution in [0.3, 0.4) is 0 Å². The quantitative estimate of drug-likeness (QED) is 0.223. The van der Waals surface area contributed by atoms with Crippen molar-refractivity contribution in [3.8, 4) is 11.5 Å². The number of nitro benzene ring substituents is 1. The van der Waals surface area contributed by atoms with Crippen LogP contribution in [0.2, 0.25) is 0 Å². The molecule has 0 N–H and O–H groups in total. The molecule has 0 unspecified atom stereocenters. The Morgan fingerprint density at radius 1 is 1.21 bits per heavy atom. The minimum atomic E-state index is -0.662. The Morgan fingerprint density at radius 2 is 1.92 bits per heavy atom. The van der Waals surface area contributed by atoms with Gasteiger partial charge >= 0.3 is 11.7 Å². The first-order valence-corrected chi connectivity index (χ1v) is 8.19. The van der Waals surface area contributed by atoms with E-state index in [1.165, 1.54) is 12.1 Å². The van der Waals surface area contributed by atoms with E-state index >= 15 is 0 Å². The lowest BCUT2D eigenvalue weighted by atomic mass is 10.2. The number of hydrogen-bond donors (Lipinski definition) is 0. The van der Waals surface area contributed by atoms with Crippen LogP contribution < -0.4 is 9.47 Å². The molecule has 0 aliphatic heterocycles. The van der Waals surface area contributed by atoms with Crippen molar-refractivity contribution in [2.45, 2.75) is 19.8 Å². The molecule has 0 aliphatic rings. The van der Waals surface area contributed by atoms with Crippen LogP contribution in [0.1, 0.15) is 30.1 Å². The summed E-state index contributed by atoms with van der Waals surface area (Å²) in [5.41, 5.74) is -0.00905. The average Bonchev–Trinajstić information content (AvgIpc) is 2.56. The van der Waals surface area contributed by atoms with Crippen LogP contribution in [-0.4, -0.2) is 17.5 Å². The van der Waals surface area contributed by atoms with E-state index in [0.29, 0.717) is 17.9 Å². The second-order valence-electron chi connectivity index (χ2n) is 4.99. The maximum absolute atomic E-state index is 12.1. The minimum Gasteiger partial charge on any atom is -0.493 e. The number of benzene rings is 2. The van der Waals surface area contributed by atoms with Crippen molar-refractivity contribution in [2.24, 2.45) is 0 Å². The minimum absolute atomic E-state index is 0.115. The summed E-state index contributed by atoms with van der Waals surface area (Å²) in [6.45, 7) is 2.50. The number of hydrogen-bond acceptors (Lipinski definition) is 5. The first kappa shape index (κ1) is 17.9. The van der Waals surface area contributed by atoms with E-state index in [0.717, 1.165) is 17.3 Å². The Labute approximate surface area is 147 Å². The fourth-order valence-corrected chi connectivity index (χ4v) is 2.16. The van der Waals surface area contributed by atoms with Gasteiger partial charge < -0.3 is 9.47 Å². The van der Waals surface area contributed by atoms with Crippen molar-refractivity contribution in [1.82, 2.24) is 0 Å². The summed E-state index contributed by atoms with van der Waals surface area (Å²) in [7, 11) is 0. The van der Waals surface area contributed by atoms with Gasteiger partial charge in [0.2, 0.25) is 5.75 Å². The molecule has 2 aromatic rings. The number of carbonyl (C=O) groups excluding carboxylic acids is 1. The monoisotopic (exact) mass is 393 g/mol. The van der Waals surface area contributed by atoms with Gasteiger partial charge in [0.1, 0.15) is 5.75 Å². The van der Waals surface area contributed by atoms with Gasteiger partial charge in [-0.3, -0.25) is 10.1 Å². The molecule has 0 amide bonds. The third-order valence-corrected chi connectivity index (χ3v) is 3.70. The summed E-state index contributed by atoms with van der Waals surface area (Å²) < 4.78 is 11.4. The zero-order valence-electron chi connectivity index (χ0n) is 13.0. The highest BCUT2D eigenvalue weighted by atomic mass is 79.9. The Hall–Kier alpha value is -2.41. The molecule has 2 aromatic carbocycles. The Bertz CT molecular complexity index is 730. The van der Waals surface area contributed by atoms with Crippen molar-refractivity contribution in [3.05, 3.63) is 62.6 Å². The summed E-state index contributed by atoms with van der Waals surface area (Å²) >= 11 is 3.27. The second kappa shape index (κ2) is 8.44. The maximum Gasteiger partial charge on any atom is 0.343 e. The summed E-state index contributed by atoms with van der Waals surface area (Å²) in [5, 5.41) is 11.2. The van der Waals surface area contributed by atoms with Crippen LogP contribution in [0.5, 0.6) is 11.5 Å². The van der Waals surface area contributed by atoms with Crippen LogP contribution in [-0.2, 0) is 0 Å². The lowest BCUT2D eigenvalue weighted by Crippen LogP contribution is -2.09. The smallest absolute Gasteiger partial charge is 0.343 e. The molecule has 0 atom stereocenters. The van der Waals surface area contributed by atoms with E-state index in [9.17, 15) is 14.9 Å². The molecule has 0 saturated carbocycles. The number of esters is 1. The zero-order valence-corrected chi connectivity index (χ0v) is 14.6. The molecule has 0 aromatic heterocycles. The average molecular weight is 394 g/mol. The fourth-order valence-electron chi connectivity index (χ4n) is 1.90. The highest BCUT2D eigenvalue weighted by Gasteiger charge is 2.20. The van der Waals surface area contributed by atoms with E-state index in [2.05, 4.69) is 15.9 Å². The molecule has 24 heavy (non-hydrogen) atoms. The van der Waals surface area contributed by atoms with Crippen molar-refractivity contribution < 1.29 is 19.2 Å². The Balaban J connectivity index is 2.18. The lowest BCUT2D eigenvalue weighted by molar-refractivity contribution is -0.385. The SMILES string of the molecule is CCCCOc1ccc(OC(=O)c2ccc(Br)cc2)c([N+](=O)[O-])c1. The van der Waals surface area contributed by atoms with E-state index in [1.807, 2.05) is 6.92 Å². The van der Waals surface area contributed by atoms with Gasteiger partial charge in [-0.1, -0.05) is 29.3 Å². The summed E-state index contributed by atoms with van der Waals surface area (Å²) in [4.78, 5) is 22.7. The fraction of sp³-hybridized carbons (Fsp3) is 0.235. The third kappa shape index (κ3) is 4.79. The summed E-state index contributed by atoms with van der Waals surface area (Å²) in [5.74, 6) is -0.403. The van der Waals surface area contributed by atoms with E-state index in [-0.39, 0.29) is 11.4 Å². The molecular formula is C17H16BrNO5. The standard InChI is InChI=1S/C17H16BrNO5/c1-2-3-10-23-14-8-9-16(15(11-14)19(21)22)24-17(20)12-4-6-13(18)7-5-12/h4-9,11H,2-3,10H2,1H3. The molecule has 6 nitrogen and oxygen atoms in total. The highest BCUT2D eigenvalue weighted by molar-refractivity contribution is 9.10. The normalized spacial score (nSPS) is 10.2. The van der Waals surface area contributed by atoms with Crippen LogP contribution in [0, 0.1) is 10.1 Å². The molecule has 0 heterocycles. The van der Waals surface area contributed by atoms with Gasteiger partial charge in [-0.15, -0.1) is 0 Å². The molecule has 0 bridgehead atoms. The Kier molecular flexibility index (Phi) is 6.31. The van der Waals surface area contributed by atoms with E-state index in [1.54, 1.807) is 30.3 Å². The summed E-state index contributed by atoms with van der Waals surface area (Å²) in [6.07, 6.45) is 1.82. The molecule has 0 radical (unpaired) electrons. The molecule has 0 saturated heterocycles. The molecule has 0 fully saturated rings. The number of rotatable bonds is 7. The third-order valence-electron chi connectivity index (χ3n) is 3.18. The Morgan fingerprint density at radius 3 is 2.54 bits per heavy atom. The number of halogens is 1. The van der Waals surface area contributed by atoms with Crippen LogP contribution in [0.4, 0.5) is 5.69 Å². The van der Waals surface area contributed by atoms with Gasteiger partial charge in [0, 0.05) is 4.47 Å². The van der Waals surface area contributed by atoms with Gasteiger partial charge in [-0.05, 0) is 42.8 Å². The van der Waals surface area contributed by atoms with Gasteiger partial charge in [-0.25, -0.2) is 4.79 Å². The lowest BCUT2D eigenvalue weighted by Gasteiger charge is -2.08. The van der Waals surface area contributed by atoms with Crippen molar-refractivity contribution in [3.63, 3.8) is 0 Å². The van der Waals surface area contributed by atoms with Crippen LogP contribution in [0.25, 0.3) is 0 Å². The van der Waals surface area contributed by atoms with Crippen molar-refractivity contribution in [2.75, 3.05) is 6.61 Å². The molecule has 7 heteroatoms. The van der Waals surface area contributed by atoms with Crippen molar-refractivity contribution >= 4 is 27.6 Å². The van der Waals surface area contributed by atoms with Gasteiger partial charge in [-0.2, -0.15) is 0 Å². The zero-order chi connectivity index (χ0) is 17.5. The first-order chi connectivity index (χ1) is 11.5. The summed E-state index contributed by atoms with van der Waals surface area (Å²) in [6, 6.07) is 10.7. The van der Waals surface area contributed by atoms with Gasteiger partial charge in [0.05, 0.1) is 23.2 Å². The molecular weight excluding hydrogens is 378 g/mol. The number of nitro groups is 1. The molecule has 0 spiro atoms. The first-order valence-electron chi connectivity index (χ1n) is 7.40. The van der Waals surface area contributed by atoms with Crippen molar-refractivity contribution in [1.29, 1.82) is 0 Å². The van der Waals surface area contributed by atoms with E-state index in [4.69, 9.17) is 9.47 Å². The molecule has 2 rings (SSSR count). The largest absolute Gasteiger partial charge is 0.493 e. The van der Waals surface area contributed by atoms with Gasteiger partial charge in [0.15, 0.2) is 0 Å². The number of nitrogens with zero attached hydrogens (tertiary/aromatic N) is 1. The predicted octanol–water partition coefficient (Wildman–Crippen LogP) is 4.76. The highest BCUT2D eigenvalue weighted by Crippen LogP contribution is 2.32. The second-order valence-corrected chi connectivity index (χ2v) is 5.90. The number of carbonyl (C=O) groups is 1. The predicted molar refractivity (Wildman–Crippen MR) is 92.6 cm³/mol. The molecule has 0 aliphatic carbocycles. The number of ether oxygens (including phenoxy) is 2. The van der Waals surface area contributed by atoms with E-state index < -0.39 is 10.9 Å². The topological polar surface area (TPSA) is 78.7 Å². The molecule has 126 valence electrons. The van der Waals surface area contributed by atoms with Gasteiger partial charge in [0.25, 0.3) is 0 Å². The maximum atomic E-state index is 12.1.